The Hall–Kier alpha value is -0.0800. The van der Waals surface area contributed by atoms with E-state index in [-0.39, 0.29) is 0 Å². The van der Waals surface area contributed by atoms with Gasteiger partial charge >= 0.3 is 0 Å². The number of nitrogens with one attached hydrogen (secondary N) is 1. The van der Waals surface area contributed by atoms with Gasteiger partial charge in [0.2, 0.25) is 0 Å². The zero-order valence-corrected chi connectivity index (χ0v) is 10.9. The number of hydrogen-bond donors (Lipinski definition) is 1. The molecule has 0 radical (unpaired) electrons. The molecule has 0 unspecified atom stereocenters. The first-order valence-electron chi connectivity index (χ1n) is 6.99. The largest absolute Gasteiger partial charge is 0.381 e. The fourth-order valence-corrected chi connectivity index (χ4v) is 2.40. The van der Waals surface area contributed by atoms with Crippen LogP contribution in [0.3, 0.4) is 0 Å². The zero-order valence-electron chi connectivity index (χ0n) is 10.9. The van der Waals surface area contributed by atoms with Gasteiger partial charge in [0.25, 0.3) is 0 Å². The Morgan fingerprint density at radius 2 is 2.06 bits per heavy atom. The molecule has 2 aliphatic carbocycles. The minimum absolute atomic E-state index is 0.490. The summed E-state index contributed by atoms with van der Waals surface area (Å²) in [6.07, 6.45) is 6.93. The average molecular weight is 225 g/mol. The van der Waals surface area contributed by atoms with Gasteiger partial charge < -0.3 is 10.1 Å². The van der Waals surface area contributed by atoms with Gasteiger partial charge in [-0.1, -0.05) is 20.3 Å². The van der Waals surface area contributed by atoms with Crippen molar-refractivity contribution in [2.24, 2.45) is 17.3 Å². The maximum atomic E-state index is 5.88. The molecule has 0 amide bonds. The Labute approximate surface area is 100 Å². The van der Waals surface area contributed by atoms with Crippen LogP contribution >= 0.6 is 0 Å². The second kappa shape index (κ2) is 5.50. The van der Waals surface area contributed by atoms with Crippen molar-refractivity contribution in [1.29, 1.82) is 0 Å². The summed E-state index contributed by atoms with van der Waals surface area (Å²) in [5.41, 5.74) is 0.490. The molecule has 0 bridgehead atoms. The molecule has 2 heteroatoms. The highest BCUT2D eigenvalue weighted by molar-refractivity contribution is 4.90. The van der Waals surface area contributed by atoms with Gasteiger partial charge in [0, 0.05) is 18.6 Å². The molecule has 1 N–H and O–H groups in total. The lowest BCUT2D eigenvalue weighted by Crippen LogP contribution is -2.44. The summed E-state index contributed by atoms with van der Waals surface area (Å²) in [4.78, 5) is 0. The Morgan fingerprint density at radius 1 is 1.31 bits per heavy atom. The average Bonchev–Trinajstić information content (AvgIpc) is 2.96. The third-order valence-corrected chi connectivity index (χ3v) is 3.93. The summed E-state index contributed by atoms with van der Waals surface area (Å²) >= 11 is 0. The second-order valence-electron chi connectivity index (χ2n) is 6.34. The van der Waals surface area contributed by atoms with Crippen LogP contribution in [-0.2, 0) is 4.74 Å². The molecule has 2 aliphatic rings. The van der Waals surface area contributed by atoms with Crippen LogP contribution in [-0.4, -0.2) is 26.3 Å². The van der Waals surface area contributed by atoms with E-state index >= 15 is 0 Å². The van der Waals surface area contributed by atoms with Crippen LogP contribution < -0.4 is 5.32 Å². The Bertz CT molecular complexity index is 197. The maximum absolute atomic E-state index is 5.88. The van der Waals surface area contributed by atoms with Crippen molar-refractivity contribution in [3.63, 3.8) is 0 Å². The highest BCUT2D eigenvalue weighted by Gasteiger charge is 2.37. The topological polar surface area (TPSA) is 21.3 Å². The minimum Gasteiger partial charge on any atom is -0.381 e. The predicted octanol–water partition coefficient (Wildman–Crippen LogP) is 2.83. The molecule has 2 saturated carbocycles. The molecule has 0 atom stereocenters. The highest BCUT2D eigenvalue weighted by Crippen LogP contribution is 2.41. The maximum Gasteiger partial charge on any atom is 0.0534 e. The molecule has 0 heterocycles. The number of hydrogen-bond acceptors (Lipinski definition) is 2. The van der Waals surface area contributed by atoms with Crippen molar-refractivity contribution < 1.29 is 4.74 Å². The third kappa shape index (κ3) is 3.74. The highest BCUT2D eigenvalue weighted by atomic mass is 16.5. The summed E-state index contributed by atoms with van der Waals surface area (Å²) < 4.78 is 5.88. The first-order valence-corrected chi connectivity index (χ1v) is 6.99. The van der Waals surface area contributed by atoms with Crippen molar-refractivity contribution in [3.05, 3.63) is 0 Å². The lowest BCUT2D eigenvalue weighted by atomic mass is 9.69. The molecule has 0 aromatic heterocycles. The van der Waals surface area contributed by atoms with Crippen molar-refractivity contribution in [2.75, 3.05) is 26.3 Å². The van der Waals surface area contributed by atoms with E-state index in [0.717, 1.165) is 38.1 Å². The van der Waals surface area contributed by atoms with Crippen molar-refractivity contribution in [3.8, 4) is 0 Å². The standard InChI is InChI=1S/C14H27NO/c1-12(2)8-15-10-14(6-3-7-14)11-16-9-13-4-5-13/h12-13,15H,3-11H2,1-2H3. The van der Waals surface area contributed by atoms with Crippen LogP contribution in [0.25, 0.3) is 0 Å². The Kier molecular flexibility index (Phi) is 4.26. The van der Waals surface area contributed by atoms with Gasteiger partial charge in [0.15, 0.2) is 0 Å². The van der Waals surface area contributed by atoms with Gasteiger partial charge in [-0.25, -0.2) is 0 Å². The number of ether oxygens (including phenoxy) is 1. The molecule has 2 fully saturated rings. The summed E-state index contributed by atoms with van der Waals surface area (Å²) in [6.45, 7) is 8.86. The van der Waals surface area contributed by atoms with E-state index in [1.165, 1.54) is 32.1 Å². The number of rotatable bonds is 8. The Morgan fingerprint density at radius 3 is 2.56 bits per heavy atom. The lowest BCUT2D eigenvalue weighted by Gasteiger charge is -2.42. The normalized spacial score (nSPS) is 23.4. The van der Waals surface area contributed by atoms with Crippen LogP contribution in [0.5, 0.6) is 0 Å². The first-order chi connectivity index (χ1) is 7.70. The molecule has 0 aliphatic heterocycles. The van der Waals surface area contributed by atoms with E-state index in [2.05, 4.69) is 19.2 Å². The molecule has 94 valence electrons. The van der Waals surface area contributed by atoms with Gasteiger partial charge in [0.05, 0.1) is 6.61 Å². The van der Waals surface area contributed by atoms with Crippen LogP contribution in [0, 0.1) is 17.3 Å². The van der Waals surface area contributed by atoms with Crippen molar-refractivity contribution in [1.82, 2.24) is 5.32 Å². The van der Waals surface area contributed by atoms with Gasteiger partial charge in [-0.2, -0.15) is 0 Å². The van der Waals surface area contributed by atoms with E-state index in [1.807, 2.05) is 0 Å². The lowest BCUT2D eigenvalue weighted by molar-refractivity contribution is -0.00942. The fraction of sp³-hybridized carbons (Fsp3) is 1.00. The van der Waals surface area contributed by atoms with Crippen LogP contribution in [0.15, 0.2) is 0 Å². The molecule has 2 nitrogen and oxygen atoms in total. The fourth-order valence-electron chi connectivity index (χ4n) is 2.40. The quantitative estimate of drug-likeness (QED) is 0.686. The molecule has 0 saturated heterocycles. The monoisotopic (exact) mass is 225 g/mol. The Balaban J connectivity index is 1.60. The van der Waals surface area contributed by atoms with E-state index in [0.29, 0.717) is 5.41 Å². The van der Waals surface area contributed by atoms with Gasteiger partial charge in [-0.15, -0.1) is 0 Å². The summed E-state index contributed by atoms with van der Waals surface area (Å²) in [5, 5.41) is 3.60. The molecular formula is C14H27NO. The van der Waals surface area contributed by atoms with E-state index in [9.17, 15) is 0 Å². The van der Waals surface area contributed by atoms with Gasteiger partial charge in [-0.05, 0) is 44.1 Å². The van der Waals surface area contributed by atoms with Crippen LogP contribution in [0.2, 0.25) is 0 Å². The predicted molar refractivity (Wildman–Crippen MR) is 67.5 cm³/mol. The van der Waals surface area contributed by atoms with E-state index in [4.69, 9.17) is 4.74 Å². The zero-order chi connectivity index (χ0) is 11.4. The summed E-state index contributed by atoms with van der Waals surface area (Å²) in [7, 11) is 0. The third-order valence-electron chi connectivity index (χ3n) is 3.93. The smallest absolute Gasteiger partial charge is 0.0534 e. The van der Waals surface area contributed by atoms with Crippen molar-refractivity contribution in [2.45, 2.75) is 46.0 Å². The minimum atomic E-state index is 0.490. The second-order valence-corrected chi connectivity index (χ2v) is 6.34. The molecule has 2 rings (SSSR count). The van der Waals surface area contributed by atoms with E-state index < -0.39 is 0 Å². The van der Waals surface area contributed by atoms with Crippen molar-refractivity contribution >= 4 is 0 Å². The first kappa shape index (κ1) is 12.4. The summed E-state index contributed by atoms with van der Waals surface area (Å²) in [5.74, 6) is 1.66. The molecular weight excluding hydrogens is 198 g/mol. The van der Waals surface area contributed by atoms with Gasteiger partial charge in [-0.3, -0.25) is 0 Å². The molecule has 0 aromatic carbocycles. The SMILES string of the molecule is CC(C)CNCC1(COCC2CC2)CCC1. The summed E-state index contributed by atoms with van der Waals surface area (Å²) in [6, 6.07) is 0. The molecule has 0 spiro atoms. The van der Waals surface area contributed by atoms with Crippen LogP contribution in [0.1, 0.15) is 46.0 Å². The molecule has 0 aromatic rings. The molecule has 16 heavy (non-hydrogen) atoms. The van der Waals surface area contributed by atoms with Crippen LogP contribution in [0.4, 0.5) is 0 Å². The van der Waals surface area contributed by atoms with E-state index in [1.54, 1.807) is 0 Å². The van der Waals surface area contributed by atoms with Gasteiger partial charge in [0.1, 0.15) is 0 Å².